The molecule has 0 unspecified atom stereocenters. The molecule has 0 atom stereocenters. The summed E-state index contributed by atoms with van der Waals surface area (Å²) >= 11 is 6.48. The molecule has 2 aromatic heterocycles. The second kappa shape index (κ2) is 11.5. The Morgan fingerprint density at radius 2 is 1.95 bits per heavy atom. The van der Waals surface area contributed by atoms with Crippen LogP contribution in [0, 0.1) is 11.7 Å². The van der Waals surface area contributed by atoms with Crippen molar-refractivity contribution in [2.45, 2.75) is 27.0 Å². The summed E-state index contributed by atoms with van der Waals surface area (Å²) in [4.78, 5) is 8.84. The fraction of sp³-hybridized carbons (Fsp3) is 0.214. The first kappa shape index (κ1) is 25.6. The Bertz CT molecular complexity index is 1560. The minimum absolute atomic E-state index is 0.210. The van der Waals surface area contributed by atoms with Crippen LogP contribution in [0.3, 0.4) is 0 Å². The van der Waals surface area contributed by atoms with Crippen LogP contribution in [0.1, 0.15) is 25.1 Å². The second-order valence-corrected chi connectivity index (χ2v) is 9.70. The van der Waals surface area contributed by atoms with E-state index in [9.17, 15) is 4.39 Å². The van der Waals surface area contributed by atoms with Crippen LogP contribution in [-0.2, 0) is 13.2 Å². The normalized spacial score (nSPS) is 11.3. The summed E-state index contributed by atoms with van der Waals surface area (Å²) in [6.45, 7) is 6.11. The van der Waals surface area contributed by atoms with Crippen molar-refractivity contribution in [3.8, 4) is 11.4 Å². The van der Waals surface area contributed by atoms with Gasteiger partial charge in [0, 0.05) is 17.6 Å². The van der Waals surface area contributed by atoms with Gasteiger partial charge in [0.05, 0.1) is 28.1 Å². The van der Waals surface area contributed by atoms with E-state index in [0.717, 1.165) is 40.1 Å². The lowest BCUT2D eigenvalue weighted by molar-refractivity contribution is 0.306. The minimum Gasteiger partial charge on any atom is -0.487 e. The van der Waals surface area contributed by atoms with Crippen LogP contribution < -0.4 is 15.4 Å². The highest BCUT2D eigenvalue weighted by atomic mass is 35.5. The highest BCUT2D eigenvalue weighted by Crippen LogP contribution is 2.31. The summed E-state index contributed by atoms with van der Waals surface area (Å²) in [5, 5.41) is 16.5. The lowest BCUT2D eigenvalue weighted by Crippen LogP contribution is -2.19. The average Bonchev–Trinajstić information content (AvgIpc) is 3.37. The third kappa shape index (κ3) is 6.24. The Balaban J connectivity index is 1.32. The maximum atomic E-state index is 13.4. The summed E-state index contributed by atoms with van der Waals surface area (Å²) in [5.74, 6) is 1.39. The number of ether oxygens (including phenoxy) is 1. The molecule has 2 N–H and O–H groups in total. The van der Waals surface area contributed by atoms with E-state index in [2.05, 4.69) is 44.8 Å². The summed E-state index contributed by atoms with van der Waals surface area (Å²) in [7, 11) is 0. The van der Waals surface area contributed by atoms with E-state index in [-0.39, 0.29) is 12.4 Å². The van der Waals surface area contributed by atoms with Crippen molar-refractivity contribution in [1.29, 1.82) is 0 Å². The number of halogens is 2. The highest BCUT2D eigenvalue weighted by Gasteiger charge is 2.10. The van der Waals surface area contributed by atoms with Crippen LogP contribution in [-0.4, -0.2) is 31.5 Å². The molecule has 5 rings (SSSR count). The van der Waals surface area contributed by atoms with E-state index in [1.54, 1.807) is 28.9 Å². The Morgan fingerprint density at radius 3 is 2.76 bits per heavy atom. The molecule has 0 bridgehead atoms. The molecule has 0 saturated heterocycles. The number of nitrogens with one attached hydrogen (secondary N) is 2. The largest absolute Gasteiger partial charge is 0.487 e. The van der Waals surface area contributed by atoms with Crippen LogP contribution >= 0.6 is 11.6 Å². The number of benzene rings is 3. The summed E-state index contributed by atoms with van der Waals surface area (Å²) in [5.41, 5.74) is 3.95. The lowest BCUT2D eigenvalue weighted by atomic mass is 10.2. The van der Waals surface area contributed by atoms with E-state index in [1.165, 1.54) is 18.5 Å². The van der Waals surface area contributed by atoms with Gasteiger partial charge < -0.3 is 15.4 Å². The molecule has 8 nitrogen and oxygen atoms in total. The van der Waals surface area contributed by atoms with Gasteiger partial charge in [-0.2, -0.15) is 0 Å². The smallest absolute Gasteiger partial charge is 0.141 e. The zero-order valence-electron chi connectivity index (χ0n) is 21.0. The molecule has 0 aliphatic carbocycles. The van der Waals surface area contributed by atoms with Gasteiger partial charge in [0.1, 0.15) is 30.3 Å². The van der Waals surface area contributed by atoms with Crippen molar-refractivity contribution >= 4 is 34.0 Å². The molecule has 0 radical (unpaired) electrons. The zero-order chi connectivity index (χ0) is 26.5. The predicted octanol–water partition coefficient (Wildman–Crippen LogP) is 6.07. The van der Waals surface area contributed by atoms with Crippen LogP contribution in [0.4, 0.5) is 15.9 Å². The van der Waals surface area contributed by atoms with Crippen LogP contribution in [0.2, 0.25) is 5.02 Å². The van der Waals surface area contributed by atoms with Crippen molar-refractivity contribution in [2.24, 2.45) is 5.92 Å². The Kier molecular flexibility index (Phi) is 7.76. The van der Waals surface area contributed by atoms with Crippen molar-refractivity contribution < 1.29 is 9.13 Å². The van der Waals surface area contributed by atoms with Gasteiger partial charge in [0.2, 0.25) is 0 Å². The average molecular weight is 532 g/mol. The molecule has 2 heterocycles. The van der Waals surface area contributed by atoms with E-state index >= 15 is 0 Å². The van der Waals surface area contributed by atoms with Gasteiger partial charge in [-0.15, -0.1) is 5.10 Å². The van der Waals surface area contributed by atoms with Crippen LogP contribution in [0.5, 0.6) is 5.75 Å². The molecule has 0 aliphatic heterocycles. The first-order valence-corrected chi connectivity index (χ1v) is 12.6. The molecule has 0 aliphatic rings. The zero-order valence-corrected chi connectivity index (χ0v) is 21.8. The van der Waals surface area contributed by atoms with Gasteiger partial charge in [-0.05, 0) is 66.6 Å². The lowest BCUT2D eigenvalue weighted by Gasteiger charge is -2.12. The quantitative estimate of drug-likeness (QED) is 0.226. The molecule has 0 fully saturated rings. The molecular formula is C28H27ClFN7O. The third-order valence-electron chi connectivity index (χ3n) is 5.76. The molecule has 194 valence electrons. The Hall–Kier alpha value is -4.08. The van der Waals surface area contributed by atoms with E-state index in [4.69, 9.17) is 16.3 Å². The number of fused-ring (bicyclic) bond motifs is 1. The first-order valence-electron chi connectivity index (χ1n) is 12.3. The van der Waals surface area contributed by atoms with Crippen LogP contribution in [0.15, 0.2) is 73.2 Å². The molecule has 38 heavy (non-hydrogen) atoms. The second-order valence-electron chi connectivity index (χ2n) is 9.29. The number of nitrogens with zero attached hydrogens (tertiary/aromatic N) is 5. The summed E-state index contributed by atoms with van der Waals surface area (Å²) in [6, 6.07) is 17.5. The van der Waals surface area contributed by atoms with Gasteiger partial charge in [0.15, 0.2) is 0 Å². The predicted molar refractivity (Wildman–Crippen MR) is 146 cm³/mol. The van der Waals surface area contributed by atoms with Crippen molar-refractivity contribution in [1.82, 2.24) is 30.3 Å². The maximum absolute atomic E-state index is 13.4. The molecule has 0 spiro atoms. The molecule has 0 saturated carbocycles. The standard InChI is InChI=1S/C28H27ClFN7O/c1-18(2)13-31-14-22-15-37(36-35-22)23-7-8-26-24(12-23)28(33-17-32-26)34-21-6-9-27(25(29)11-21)38-16-19-4-3-5-20(30)10-19/h3-12,15,17-18,31H,13-14,16H2,1-2H3,(H,32,33,34). The molecule has 0 amide bonds. The van der Waals surface area contributed by atoms with Gasteiger partial charge in [-0.1, -0.05) is 42.8 Å². The topological polar surface area (TPSA) is 89.8 Å². The monoisotopic (exact) mass is 531 g/mol. The fourth-order valence-corrected chi connectivity index (χ4v) is 4.14. The fourth-order valence-electron chi connectivity index (χ4n) is 3.90. The number of rotatable bonds is 10. The SMILES string of the molecule is CC(C)CNCc1cn(-c2ccc3ncnc(Nc4ccc(OCc5cccc(F)c5)c(Cl)c4)c3c2)nn1. The molecule has 10 heteroatoms. The van der Waals surface area contributed by atoms with Crippen molar-refractivity contribution in [2.75, 3.05) is 11.9 Å². The molecular weight excluding hydrogens is 505 g/mol. The van der Waals surface area contributed by atoms with Gasteiger partial charge in [-0.25, -0.2) is 19.0 Å². The highest BCUT2D eigenvalue weighted by molar-refractivity contribution is 6.32. The van der Waals surface area contributed by atoms with Gasteiger partial charge >= 0.3 is 0 Å². The van der Waals surface area contributed by atoms with Crippen molar-refractivity contribution in [3.05, 3.63) is 95.3 Å². The first-order chi connectivity index (χ1) is 18.4. The number of aromatic nitrogens is 5. The van der Waals surface area contributed by atoms with Crippen LogP contribution in [0.25, 0.3) is 16.6 Å². The Labute approximate surface area is 224 Å². The van der Waals surface area contributed by atoms with Gasteiger partial charge in [0.25, 0.3) is 0 Å². The summed E-state index contributed by atoms with van der Waals surface area (Å²) in [6.07, 6.45) is 3.42. The Morgan fingerprint density at radius 1 is 1.05 bits per heavy atom. The van der Waals surface area contributed by atoms with Gasteiger partial charge in [-0.3, -0.25) is 0 Å². The van der Waals surface area contributed by atoms with E-state index < -0.39 is 0 Å². The molecule has 5 aromatic rings. The number of hydrogen-bond acceptors (Lipinski definition) is 7. The van der Waals surface area contributed by atoms with Crippen molar-refractivity contribution in [3.63, 3.8) is 0 Å². The molecule has 3 aromatic carbocycles. The number of hydrogen-bond donors (Lipinski definition) is 2. The maximum Gasteiger partial charge on any atom is 0.141 e. The summed E-state index contributed by atoms with van der Waals surface area (Å²) < 4.78 is 20.9. The van der Waals surface area contributed by atoms with E-state index in [0.29, 0.717) is 29.1 Å². The third-order valence-corrected chi connectivity index (χ3v) is 6.06. The van der Waals surface area contributed by atoms with E-state index in [1.807, 2.05) is 30.5 Å². The minimum atomic E-state index is -0.306. The number of anilines is 2.